The zero-order valence-electron chi connectivity index (χ0n) is 16.0. The Morgan fingerprint density at radius 3 is 2.50 bits per heavy atom. The van der Waals surface area contributed by atoms with E-state index >= 15 is 0 Å². The minimum absolute atomic E-state index is 0.190. The summed E-state index contributed by atoms with van der Waals surface area (Å²) in [5, 5.41) is 4.30. The first-order chi connectivity index (χ1) is 12.1. The Morgan fingerprint density at radius 2 is 1.92 bits per heavy atom. The average molecular weight is 372 g/mol. The van der Waals surface area contributed by atoms with Crippen LogP contribution in [-0.2, 0) is 28.6 Å². The van der Waals surface area contributed by atoms with Crippen molar-refractivity contribution in [1.82, 2.24) is 10.4 Å². The maximum absolute atomic E-state index is 12.2. The fourth-order valence-electron chi connectivity index (χ4n) is 3.25. The number of carbonyl (C=O) groups excluding carboxylic acids is 3. The number of nitrogens with zero attached hydrogens (tertiary/aromatic N) is 1. The summed E-state index contributed by atoms with van der Waals surface area (Å²) in [7, 11) is 2.50. The fraction of sp³-hybridized carbons (Fsp3) is 0.824. The van der Waals surface area contributed by atoms with Crippen LogP contribution in [-0.4, -0.2) is 60.7 Å². The molecule has 4 atom stereocenters. The molecule has 2 fully saturated rings. The number of methoxy groups -OCH3 is 2. The van der Waals surface area contributed by atoms with Gasteiger partial charge in [-0.1, -0.05) is 6.42 Å². The highest BCUT2D eigenvalue weighted by atomic mass is 16.9. The number of amides is 1. The Kier molecular flexibility index (Phi) is 6.13. The molecule has 0 radical (unpaired) electrons. The van der Waals surface area contributed by atoms with Crippen LogP contribution in [0.25, 0.3) is 0 Å². The topological polar surface area (TPSA) is 106 Å². The summed E-state index contributed by atoms with van der Waals surface area (Å²) in [6, 6.07) is -1.27. The van der Waals surface area contributed by atoms with Gasteiger partial charge in [0.15, 0.2) is 5.72 Å². The standard InChI is InChI=1S/C17H28N2O7/c1-16(2,3)25-15(22)18-12-8-6-7-9-17(12)19(26-17)11(14(21)24-5)10-13(20)23-4/h11-12H,6-10H2,1-5H3,(H,18,22)/t11-,12-,17-,19?/m0/s1. The summed E-state index contributed by atoms with van der Waals surface area (Å²) in [6.07, 6.45) is 2.38. The van der Waals surface area contributed by atoms with Crippen molar-refractivity contribution in [2.45, 2.75) is 76.3 Å². The van der Waals surface area contributed by atoms with Crippen molar-refractivity contribution >= 4 is 18.0 Å². The second-order valence-electron chi connectivity index (χ2n) is 7.53. The van der Waals surface area contributed by atoms with Gasteiger partial charge in [-0.15, -0.1) is 5.06 Å². The van der Waals surface area contributed by atoms with Gasteiger partial charge >= 0.3 is 18.0 Å². The van der Waals surface area contributed by atoms with Crippen molar-refractivity contribution in [3.63, 3.8) is 0 Å². The molecule has 1 spiro atoms. The first-order valence-electron chi connectivity index (χ1n) is 8.75. The van der Waals surface area contributed by atoms with Crippen LogP contribution >= 0.6 is 0 Å². The number of rotatable bonds is 5. The van der Waals surface area contributed by atoms with Crippen LogP contribution in [0.1, 0.15) is 52.9 Å². The molecule has 0 aromatic rings. The van der Waals surface area contributed by atoms with Crippen LogP contribution in [0.5, 0.6) is 0 Å². The summed E-state index contributed by atoms with van der Waals surface area (Å²) in [6.45, 7) is 5.35. The second-order valence-corrected chi connectivity index (χ2v) is 7.53. The number of hydrogen-bond acceptors (Lipinski definition) is 8. The highest BCUT2D eigenvalue weighted by Crippen LogP contribution is 2.49. The summed E-state index contributed by atoms with van der Waals surface area (Å²) >= 11 is 0. The molecule has 2 rings (SSSR count). The zero-order valence-corrected chi connectivity index (χ0v) is 16.0. The molecule has 0 aromatic carbocycles. The first-order valence-corrected chi connectivity index (χ1v) is 8.75. The average Bonchev–Trinajstić information content (AvgIpc) is 3.26. The normalized spacial score (nSPS) is 28.8. The van der Waals surface area contributed by atoms with E-state index in [-0.39, 0.29) is 12.5 Å². The van der Waals surface area contributed by atoms with E-state index in [1.54, 1.807) is 20.8 Å². The molecule has 1 saturated carbocycles. The number of hydrogen-bond donors (Lipinski definition) is 1. The first kappa shape index (κ1) is 20.4. The zero-order chi connectivity index (χ0) is 19.5. The van der Waals surface area contributed by atoms with Gasteiger partial charge in [0, 0.05) is 0 Å². The lowest BCUT2D eigenvalue weighted by Crippen LogP contribution is -2.52. The van der Waals surface area contributed by atoms with E-state index in [4.69, 9.17) is 14.3 Å². The molecule has 1 aliphatic heterocycles. The van der Waals surface area contributed by atoms with Gasteiger partial charge in [0.2, 0.25) is 0 Å². The Bertz CT molecular complexity index is 560. The van der Waals surface area contributed by atoms with Crippen molar-refractivity contribution in [3.8, 4) is 0 Å². The monoisotopic (exact) mass is 372 g/mol. The summed E-state index contributed by atoms with van der Waals surface area (Å²) in [5.74, 6) is -1.13. The molecule has 2 aliphatic rings. The van der Waals surface area contributed by atoms with Gasteiger partial charge in [-0.3, -0.25) is 14.4 Å². The van der Waals surface area contributed by atoms with Crippen LogP contribution in [0.15, 0.2) is 0 Å². The highest BCUT2D eigenvalue weighted by Gasteiger charge is 2.65. The second kappa shape index (κ2) is 7.79. The highest BCUT2D eigenvalue weighted by molar-refractivity contribution is 5.82. The van der Waals surface area contributed by atoms with E-state index in [9.17, 15) is 14.4 Å². The number of esters is 2. The van der Waals surface area contributed by atoms with Gasteiger partial charge < -0.3 is 19.5 Å². The fourth-order valence-corrected chi connectivity index (χ4v) is 3.25. The molecule has 1 heterocycles. The molecule has 0 bridgehead atoms. The molecule has 1 amide bonds. The lowest BCUT2D eigenvalue weighted by atomic mass is 9.88. The third-order valence-electron chi connectivity index (χ3n) is 4.45. The van der Waals surface area contributed by atoms with E-state index in [1.807, 2.05) is 0 Å². The van der Waals surface area contributed by atoms with Gasteiger partial charge in [-0.25, -0.2) is 4.79 Å². The SMILES string of the molecule is COC(=O)C[C@@H](C(=O)OC)N1O[C@]12CCCC[C@@H]2NC(=O)OC(C)(C)C. The number of hydroxylamine groups is 2. The van der Waals surface area contributed by atoms with Crippen molar-refractivity contribution in [2.24, 2.45) is 0 Å². The van der Waals surface area contributed by atoms with Gasteiger partial charge in [0.25, 0.3) is 0 Å². The van der Waals surface area contributed by atoms with Crippen LogP contribution in [0.3, 0.4) is 0 Å². The van der Waals surface area contributed by atoms with Crippen LogP contribution in [0.4, 0.5) is 4.79 Å². The molecule has 1 unspecified atom stereocenters. The maximum atomic E-state index is 12.2. The molecular weight excluding hydrogens is 344 g/mol. The molecule has 1 saturated heterocycles. The molecular formula is C17H28N2O7. The van der Waals surface area contributed by atoms with Gasteiger partial charge in [-0.05, 0) is 40.0 Å². The minimum Gasteiger partial charge on any atom is -0.469 e. The molecule has 1 aliphatic carbocycles. The Hall–Kier alpha value is -1.87. The maximum Gasteiger partial charge on any atom is 0.408 e. The molecule has 0 aromatic heterocycles. The number of ether oxygens (including phenoxy) is 3. The van der Waals surface area contributed by atoms with Crippen LogP contribution in [0, 0.1) is 0 Å². The smallest absolute Gasteiger partial charge is 0.408 e. The van der Waals surface area contributed by atoms with E-state index in [0.29, 0.717) is 12.8 Å². The Labute approximate surface area is 153 Å². The van der Waals surface area contributed by atoms with Crippen molar-refractivity contribution < 1.29 is 33.4 Å². The number of alkyl carbamates (subject to hydrolysis) is 1. The lowest BCUT2D eigenvalue weighted by molar-refractivity contribution is -0.154. The third kappa shape index (κ3) is 4.64. The molecule has 26 heavy (non-hydrogen) atoms. The predicted octanol–water partition coefficient (Wildman–Crippen LogP) is 1.50. The Balaban J connectivity index is 2.11. The van der Waals surface area contributed by atoms with E-state index in [2.05, 4.69) is 10.1 Å². The van der Waals surface area contributed by atoms with Crippen LogP contribution in [0.2, 0.25) is 0 Å². The predicted molar refractivity (Wildman–Crippen MR) is 89.7 cm³/mol. The molecule has 148 valence electrons. The van der Waals surface area contributed by atoms with Gasteiger partial charge in [0.1, 0.15) is 11.6 Å². The lowest BCUT2D eigenvalue weighted by Gasteiger charge is -2.31. The van der Waals surface area contributed by atoms with Crippen molar-refractivity contribution in [2.75, 3.05) is 14.2 Å². The summed E-state index contributed by atoms with van der Waals surface area (Å²) < 4.78 is 14.8. The summed E-state index contributed by atoms with van der Waals surface area (Å²) in [4.78, 5) is 41.7. The molecule has 1 N–H and O–H groups in total. The van der Waals surface area contributed by atoms with E-state index < -0.39 is 35.4 Å². The minimum atomic E-state index is -0.923. The number of carbonyl (C=O) groups is 3. The van der Waals surface area contributed by atoms with Crippen molar-refractivity contribution in [3.05, 3.63) is 0 Å². The third-order valence-corrected chi connectivity index (χ3v) is 4.45. The van der Waals surface area contributed by atoms with Crippen LogP contribution < -0.4 is 5.32 Å². The molecule has 9 nitrogen and oxygen atoms in total. The van der Waals surface area contributed by atoms with E-state index in [1.165, 1.54) is 19.3 Å². The van der Waals surface area contributed by atoms with Gasteiger partial charge in [0.05, 0.1) is 26.7 Å². The van der Waals surface area contributed by atoms with Crippen molar-refractivity contribution in [1.29, 1.82) is 0 Å². The quantitative estimate of drug-likeness (QED) is 0.440. The molecule has 9 heteroatoms. The largest absolute Gasteiger partial charge is 0.469 e. The summed E-state index contributed by atoms with van der Waals surface area (Å²) in [5.41, 5.74) is -1.45. The number of nitrogens with one attached hydrogen (secondary N) is 1. The Morgan fingerprint density at radius 1 is 1.23 bits per heavy atom. The van der Waals surface area contributed by atoms with E-state index in [0.717, 1.165) is 12.8 Å². The van der Waals surface area contributed by atoms with Gasteiger partial charge in [-0.2, -0.15) is 0 Å².